The number of urea groups is 1. The molecule has 4 nitrogen and oxygen atoms in total. The van der Waals surface area contributed by atoms with Crippen molar-refractivity contribution in [3.8, 4) is 5.75 Å². The van der Waals surface area contributed by atoms with Crippen LogP contribution < -0.4 is 5.32 Å². The average Bonchev–Trinajstić information content (AvgIpc) is 2.45. The molecule has 0 heterocycles. The molecule has 0 radical (unpaired) electrons. The van der Waals surface area contributed by atoms with Crippen LogP contribution in [0, 0.1) is 11.6 Å². The van der Waals surface area contributed by atoms with Gasteiger partial charge >= 0.3 is 6.03 Å². The second-order valence-electron chi connectivity index (χ2n) is 4.51. The summed E-state index contributed by atoms with van der Waals surface area (Å²) in [7, 11) is 1.46. The lowest BCUT2D eigenvalue weighted by Gasteiger charge is -2.19. The van der Waals surface area contributed by atoms with Crippen molar-refractivity contribution in [2.75, 3.05) is 12.4 Å². The zero-order valence-electron chi connectivity index (χ0n) is 11.3. The molecular weight excluding hydrogens is 278 g/mol. The summed E-state index contributed by atoms with van der Waals surface area (Å²) in [6.07, 6.45) is 0. The molecule has 0 aliphatic heterocycles. The zero-order valence-corrected chi connectivity index (χ0v) is 11.3. The van der Waals surface area contributed by atoms with Crippen LogP contribution in [0.2, 0.25) is 0 Å². The second kappa shape index (κ2) is 6.21. The van der Waals surface area contributed by atoms with E-state index in [1.54, 1.807) is 18.2 Å². The van der Waals surface area contributed by atoms with Crippen LogP contribution in [0.25, 0.3) is 0 Å². The van der Waals surface area contributed by atoms with Gasteiger partial charge in [-0.1, -0.05) is 24.3 Å². The topological polar surface area (TPSA) is 52.6 Å². The molecular formula is C15H14F2N2O2. The second-order valence-corrected chi connectivity index (χ2v) is 4.51. The third kappa shape index (κ3) is 3.47. The Morgan fingerprint density at radius 1 is 1.14 bits per heavy atom. The van der Waals surface area contributed by atoms with E-state index in [1.165, 1.54) is 24.1 Å². The van der Waals surface area contributed by atoms with Crippen molar-refractivity contribution in [2.45, 2.75) is 6.54 Å². The van der Waals surface area contributed by atoms with Gasteiger partial charge in [-0.2, -0.15) is 0 Å². The van der Waals surface area contributed by atoms with E-state index in [9.17, 15) is 18.7 Å². The Morgan fingerprint density at radius 3 is 2.38 bits per heavy atom. The number of hydrogen-bond acceptors (Lipinski definition) is 2. The van der Waals surface area contributed by atoms with Crippen LogP contribution in [0.1, 0.15) is 5.56 Å². The summed E-state index contributed by atoms with van der Waals surface area (Å²) in [5.74, 6) is -1.65. The number of halogens is 2. The molecule has 0 aliphatic carbocycles. The number of phenolic OH excluding ortho intramolecular Hbond substituents is 1. The minimum atomic E-state index is -0.848. The number of benzene rings is 2. The van der Waals surface area contributed by atoms with Crippen LogP contribution in [0.5, 0.6) is 5.75 Å². The molecule has 0 saturated heterocycles. The number of phenols is 1. The van der Waals surface area contributed by atoms with E-state index >= 15 is 0 Å². The first kappa shape index (κ1) is 14.8. The number of rotatable bonds is 3. The standard InChI is InChI=1S/C15H14F2N2O2/c1-19(9-10-5-2-3-8-13(10)20)15(21)18-14-11(16)6-4-7-12(14)17/h2-8,20H,9H2,1H3,(H,18,21). The highest BCUT2D eigenvalue weighted by Crippen LogP contribution is 2.20. The van der Waals surface area contributed by atoms with Crippen molar-refractivity contribution >= 4 is 11.7 Å². The molecule has 6 heteroatoms. The molecule has 0 unspecified atom stereocenters. The molecule has 2 N–H and O–H groups in total. The highest BCUT2D eigenvalue weighted by molar-refractivity contribution is 5.89. The van der Waals surface area contributed by atoms with Gasteiger partial charge in [-0.05, 0) is 18.2 Å². The largest absolute Gasteiger partial charge is 0.508 e. The fourth-order valence-electron chi connectivity index (χ4n) is 1.79. The molecule has 0 spiro atoms. The summed E-state index contributed by atoms with van der Waals surface area (Å²) in [4.78, 5) is 13.1. The maximum absolute atomic E-state index is 13.5. The van der Waals surface area contributed by atoms with E-state index < -0.39 is 23.4 Å². The monoisotopic (exact) mass is 292 g/mol. The minimum absolute atomic E-state index is 0.0502. The van der Waals surface area contributed by atoms with E-state index in [4.69, 9.17) is 0 Å². The summed E-state index contributed by atoms with van der Waals surface area (Å²) < 4.78 is 26.9. The van der Waals surface area contributed by atoms with Crippen molar-refractivity contribution < 1.29 is 18.7 Å². The first-order chi connectivity index (χ1) is 9.99. The first-order valence-electron chi connectivity index (χ1n) is 6.22. The van der Waals surface area contributed by atoms with Crippen LogP contribution in [0.3, 0.4) is 0 Å². The lowest BCUT2D eigenvalue weighted by atomic mass is 10.2. The van der Waals surface area contributed by atoms with Gasteiger partial charge in [0.2, 0.25) is 0 Å². The van der Waals surface area contributed by atoms with E-state index in [-0.39, 0.29) is 12.3 Å². The maximum Gasteiger partial charge on any atom is 0.322 e. The van der Waals surface area contributed by atoms with Gasteiger partial charge in [0, 0.05) is 12.6 Å². The third-order valence-corrected chi connectivity index (χ3v) is 2.94. The Labute approximate surface area is 120 Å². The smallest absolute Gasteiger partial charge is 0.322 e. The summed E-state index contributed by atoms with van der Waals surface area (Å²) >= 11 is 0. The van der Waals surface area contributed by atoms with E-state index in [2.05, 4.69) is 5.32 Å². The van der Waals surface area contributed by atoms with Crippen LogP contribution in [-0.2, 0) is 6.54 Å². The van der Waals surface area contributed by atoms with Crippen molar-refractivity contribution in [2.24, 2.45) is 0 Å². The SMILES string of the molecule is CN(Cc1ccccc1O)C(=O)Nc1c(F)cccc1F. The van der Waals surface area contributed by atoms with Crippen molar-refractivity contribution in [1.29, 1.82) is 0 Å². The van der Waals surface area contributed by atoms with E-state index in [1.807, 2.05) is 0 Å². The van der Waals surface area contributed by atoms with Crippen molar-refractivity contribution in [3.05, 3.63) is 59.7 Å². The Kier molecular flexibility index (Phi) is 4.37. The normalized spacial score (nSPS) is 10.2. The molecule has 2 rings (SSSR count). The fourth-order valence-corrected chi connectivity index (χ4v) is 1.79. The van der Waals surface area contributed by atoms with E-state index in [0.29, 0.717) is 5.56 Å². The van der Waals surface area contributed by atoms with Gasteiger partial charge in [-0.15, -0.1) is 0 Å². The Balaban J connectivity index is 2.08. The minimum Gasteiger partial charge on any atom is -0.508 e. The molecule has 0 saturated carbocycles. The number of carbonyl (C=O) groups is 1. The quantitative estimate of drug-likeness (QED) is 0.911. The molecule has 0 atom stereocenters. The number of amides is 2. The lowest BCUT2D eigenvalue weighted by Crippen LogP contribution is -2.31. The van der Waals surface area contributed by atoms with Gasteiger partial charge in [0.25, 0.3) is 0 Å². The van der Waals surface area contributed by atoms with Crippen molar-refractivity contribution in [1.82, 2.24) is 4.90 Å². The molecule has 0 aromatic heterocycles. The number of nitrogens with one attached hydrogen (secondary N) is 1. The number of hydrogen-bond donors (Lipinski definition) is 2. The molecule has 21 heavy (non-hydrogen) atoms. The molecule has 110 valence electrons. The van der Waals surface area contributed by atoms with Gasteiger partial charge in [0.15, 0.2) is 0 Å². The molecule has 2 aromatic carbocycles. The summed E-state index contributed by atoms with van der Waals surface area (Å²) in [5.41, 5.74) is 0.0378. The molecule has 0 aliphatic rings. The Bertz CT molecular complexity index is 642. The highest BCUT2D eigenvalue weighted by Gasteiger charge is 2.15. The molecule has 0 bridgehead atoms. The number of anilines is 1. The van der Waals surface area contributed by atoms with Crippen molar-refractivity contribution in [3.63, 3.8) is 0 Å². The Morgan fingerprint density at radius 2 is 1.76 bits per heavy atom. The lowest BCUT2D eigenvalue weighted by molar-refractivity contribution is 0.220. The van der Waals surface area contributed by atoms with Gasteiger partial charge in [0.05, 0.1) is 6.54 Å². The van der Waals surface area contributed by atoms with E-state index in [0.717, 1.165) is 12.1 Å². The summed E-state index contributed by atoms with van der Waals surface area (Å²) in [6, 6.07) is 9.18. The summed E-state index contributed by atoms with van der Waals surface area (Å²) in [5, 5.41) is 11.8. The number of aromatic hydroxyl groups is 1. The highest BCUT2D eigenvalue weighted by atomic mass is 19.1. The number of para-hydroxylation sites is 2. The van der Waals surface area contributed by atoms with Gasteiger partial charge < -0.3 is 15.3 Å². The fraction of sp³-hybridized carbons (Fsp3) is 0.133. The van der Waals surface area contributed by atoms with Gasteiger partial charge in [-0.25, -0.2) is 13.6 Å². The van der Waals surface area contributed by atoms with Crippen LogP contribution in [0.4, 0.5) is 19.3 Å². The third-order valence-electron chi connectivity index (χ3n) is 2.94. The van der Waals surface area contributed by atoms with Crippen LogP contribution in [0.15, 0.2) is 42.5 Å². The van der Waals surface area contributed by atoms with Gasteiger partial charge in [0.1, 0.15) is 23.1 Å². The average molecular weight is 292 g/mol. The van der Waals surface area contributed by atoms with Crippen LogP contribution >= 0.6 is 0 Å². The number of nitrogens with zero attached hydrogens (tertiary/aromatic N) is 1. The summed E-state index contributed by atoms with van der Waals surface area (Å²) in [6.45, 7) is 0.106. The molecule has 0 fully saturated rings. The first-order valence-corrected chi connectivity index (χ1v) is 6.22. The zero-order chi connectivity index (χ0) is 15.4. The van der Waals surface area contributed by atoms with Crippen LogP contribution in [-0.4, -0.2) is 23.1 Å². The molecule has 2 amide bonds. The Hall–Kier alpha value is -2.63. The number of carbonyl (C=O) groups excluding carboxylic acids is 1. The predicted octanol–water partition coefficient (Wildman–Crippen LogP) is 3.33. The maximum atomic E-state index is 13.5. The van der Waals surface area contributed by atoms with Gasteiger partial charge in [-0.3, -0.25) is 0 Å². The molecule has 2 aromatic rings. The predicted molar refractivity (Wildman–Crippen MR) is 75.0 cm³/mol.